The summed E-state index contributed by atoms with van der Waals surface area (Å²) < 4.78 is 13.3. The molecule has 0 aliphatic heterocycles. The second-order valence-corrected chi connectivity index (χ2v) is 5.93. The Labute approximate surface area is 136 Å². The summed E-state index contributed by atoms with van der Waals surface area (Å²) in [5.74, 6) is -0.309. The normalized spacial score (nSPS) is 11.3. The van der Waals surface area contributed by atoms with Crippen molar-refractivity contribution in [1.29, 1.82) is 0 Å². The quantitative estimate of drug-likeness (QED) is 0.595. The van der Waals surface area contributed by atoms with Crippen LogP contribution in [0.2, 0.25) is 0 Å². The number of aromatic amines is 2. The largest absolute Gasteiger partial charge is 0.373 e. The number of anilines is 1. The molecule has 2 aromatic heterocycles. The van der Waals surface area contributed by atoms with E-state index in [9.17, 15) is 9.18 Å². The number of rotatable bonds is 2. The van der Waals surface area contributed by atoms with Gasteiger partial charge >= 0.3 is 0 Å². The Bertz CT molecular complexity index is 1110. The lowest BCUT2D eigenvalue weighted by molar-refractivity contribution is 0.628. The third-order valence-electron chi connectivity index (χ3n) is 4.13. The second kappa shape index (κ2) is 5.19. The van der Waals surface area contributed by atoms with Crippen molar-refractivity contribution in [1.82, 2.24) is 15.2 Å². The van der Waals surface area contributed by atoms with Crippen LogP contribution >= 0.6 is 0 Å². The van der Waals surface area contributed by atoms with Gasteiger partial charge in [0.25, 0.3) is 5.56 Å². The van der Waals surface area contributed by atoms with E-state index in [0.717, 1.165) is 27.4 Å². The van der Waals surface area contributed by atoms with Crippen molar-refractivity contribution in [2.75, 3.05) is 19.0 Å². The predicted molar refractivity (Wildman–Crippen MR) is 93.9 cm³/mol. The summed E-state index contributed by atoms with van der Waals surface area (Å²) in [5, 5.41) is 8.78. The fourth-order valence-electron chi connectivity index (χ4n) is 3.06. The average molecular weight is 322 g/mol. The number of hydrogen-bond acceptors (Lipinski definition) is 3. The molecule has 0 atom stereocenters. The summed E-state index contributed by atoms with van der Waals surface area (Å²) in [4.78, 5) is 17.3. The first-order valence-electron chi connectivity index (χ1n) is 7.51. The molecule has 0 aliphatic rings. The van der Waals surface area contributed by atoms with Gasteiger partial charge < -0.3 is 9.88 Å². The van der Waals surface area contributed by atoms with E-state index in [1.165, 1.54) is 12.1 Å². The van der Waals surface area contributed by atoms with E-state index in [1.54, 1.807) is 23.2 Å². The van der Waals surface area contributed by atoms with Gasteiger partial charge in [0.05, 0.1) is 17.2 Å². The van der Waals surface area contributed by atoms with Crippen molar-refractivity contribution in [2.24, 2.45) is 0 Å². The molecule has 0 fully saturated rings. The lowest BCUT2D eigenvalue weighted by atomic mass is 9.98. The molecule has 0 bridgehead atoms. The minimum atomic E-state index is -0.309. The van der Waals surface area contributed by atoms with Crippen LogP contribution in [0.25, 0.3) is 32.9 Å². The SMILES string of the molecule is CN(C)c1c(-c2ccc(F)cc2)c2cc3cn[nH]c3cc2[nH]c1=O. The lowest BCUT2D eigenvalue weighted by Gasteiger charge is -2.19. The molecule has 0 amide bonds. The Hall–Kier alpha value is -3.15. The summed E-state index contributed by atoms with van der Waals surface area (Å²) in [6.45, 7) is 0. The van der Waals surface area contributed by atoms with Crippen molar-refractivity contribution in [3.05, 3.63) is 58.8 Å². The number of halogens is 1. The highest BCUT2D eigenvalue weighted by Crippen LogP contribution is 2.35. The minimum absolute atomic E-state index is 0.189. The van der Waals surface area contributed by atoms with Crippen LogP contribution in [0.15, 0.2) is 47.4 Å². The summed E-state index contributed by atoms with van der Waals surface area (Å²) in [5.41, 5.74) is 3.48. The Balaban J connectivity index is 2.18. The van der Waals surface area contributed by atoms with E-state index in [-0.39, 0.29) is 11.4 Å². The first-order chi connectivity index (χ1) is 11.5. The third kappa shape index (κ3) is 2.15. The first kappa shape index (κ1) is 14.4. The predicted octanol–water partition coefficient (Wildman–Crippen LogP) is 3.28. The zero-order chi connectivity index (χ0) is 16.8. The van der Waals surface area contributed by atoms with Gasteiger partial charge in [0.2, 0.25) is 0 Å². The van der Waals surface area contributed by atoms with Crippen LogP contribution in [-0.2, 0) is 0 Å². The molecule has 6 heteroatoms. The summed E-state index contributed by atoms with van der Waals surface area (Å²) in [6, 6.07) is 10.0. The number of nitrogens with one attached hydrogen (secondary N) is 2. The van der Waals surface area contributed by atoms with Crippen LogP contribution in [-0.4, -0.2) is 29.3 Å². The van der Waals surface area contributed by atoms with Gasteiger partial charge in [-0.2, -0.15) is 5.10 Å². The lowest BCUT2D eigenvalue weighted by Crippen LogP contribution is -2.22. The van der Waals surface area contributed by atoms with E-state index >= 15 is 0 Å². The Morgan fingerprint density at radius 3 is 2.54 bits per heavy atom. The maximum Gasteiger partial charge on any atom is 0.272 e. The third-order valence-corrected chi connectivity index (χ3v) is 4.13. The number of nitrogens with zero attached hydrogens (tertiary/aromatic N) is 2. The van der Waals surface area contributed by atoms with Crippen molar-refractivity contribution >= 4 is 27.5 Å². The molecular weight excluding hydrogens is 307 g/mol. The fraction of sp³-hybridized carbons (Fsp3) is 0.111. The first-order valence-corrected chi connectivity index (χ1v) is 7.51. The molecule has 120 valence electrons. The highest BCUT2D eigenvalue weighted by Gasteiger charge is 2.17. The van der Waals surface area contributed by atoms with Crippen molar-refractivity contribution in [3.63, 3.8) is 0 Å². The van der Waals surface area contributed by atoms with Gasteiger partial charge in [0, 0.05) is 30.4 Å². The average Bonchev–Trinajstić information content (AvgIpc) is 2.99. The molecule has 0 radical (unpaired) electrons. The zero-order valence-corrected chi connectivity index (χ0v) is 13.2. The van der Waals surface area contributed by atoms with Gasteiger partial charge in [-0.25, -0.2) is 4.39 Å². The summed E-state index contributed by atoms with van der Waals surface area (Å²) in [7, 11) is 3.64. The van der Waals surface area contributed by atoms with Crippen molar-refractivity contribution in [2.45, 2.75) is 0 Å². The smallest absolute Gasteiger partial charge is 0.272 e. The maximum atomic E-state index is 13.3. The van der Waals surface area contributed by atoms with E-state index in [1.807, 2.05) is 26.2 Å². The molecule has 2 heterocycles. The Morgan fingerprint density at radius 1 is 1.08 bits per heavy atom. The van der Waals surface area contributed by atoms with Crippen LogP contribution in [0.5, 0.6) is 0 Å². The molecule has 24 heavy (non-hydrogen) atoms. The molecule has 0 unspecified atom stereocenters. The van der Waals surface area contributed by atoms with Crippen LogP contribution in [0.4, 0.5) is 10.1 Å². The van der Waals surface area contributed by atoms with E-state index in [4.69, 9.17) is 0 Å². The summed E-state index contributed by atoms with van der Waals surface area (Å²) >= 11 is 0. The molecule has 2 N–H and O–H groups in total. The summed E-state index contributed by atoms with van der Waals surface area (Å²) in [6.07, 6.45) is 1.74. The van der Waals surface area contributed by atoms with Gasteiger partial charge in [0.1, 0.15) is 11.5 Å². The van der Waals surface area contributed by atoms with E-state index in [0.29, 0.717) is 11.2 Å². The van der Waals surface area contributed by atoms with Crippen LogP contribution in [0.1, 0.15) is 0 Å². The standard InChI is InChI=1S/C18H15FN4O/c1-23(2)17-16(10-3-5-12(19)6-4-10)13-7-11-9-20-22-14(11)8-15(13)21-18(17)24/h3-9H,1-2H3,(H,20,22)(H,21,24). The highest BCUT2D eigenvalue weighted by molar-refractivity contribution is 6.06. The highest BCUT2D eigenvalue weighted by atomic mass is 19.1. The van der Waals surface area contributed by atoms with Crippen molar-refractivity contribution in [3.8, 4) is 11.1 Å². The molecule has 0 aliphatic carbocycles. The number of aromatic nitrogens is 3. The van der Waals surface area contributed by atoms with Crippen molar-refractivity contribution < 1.29 is 4.39 Å². The fourth-order valence-corrected chi connectivity index (χ4v) is 3.06. The van der Waals surface area contributed by atoms with Gasteiger partial charge in [-0.3, -0.25) is 9.89 Å². The van der Waals surface area contributed by atoms with Crippen LogP contribution < -0.4 is 10.5 Å². The monoisotopic (exact) mass is 322 g/mol. The number of hydrogen-bond donors (Lipinski definition) is 2. The van der Waals surface area contributed by atoms with E-state index < -0.39 is 0 Å². The zero-order valence-electron chi connectivity index (χ0n) is 13.2. The van der Waals surface area contributed by atoms with Gasteiger partial charge in [0.15, 0.2) is 0 Å². The van der Waals surface area contributed by atoms with Gasteiger partial charge in [-0.05, 0) is 29.8 Å². The molecule has 0 saturated heterocycles. The number of fused-ring (bicyclic) bond motifs is 2. The topological polar surface area (TPSA) is 64.8 Å². The van der Waals surface area contributed by atoms with Crippen LogP contribution in [0, 0.1) is 5.82 Å². The number of benzene rings is 2. The Morgan fingerprint density at radius 2 is 1.83 bits per heavy atom. The number of H-pyrrole nitrogens is 2. The molecule has 4 aromatic rings. The van der Waals surface area contributed by atoms with Gasteiger partial charge in [-0.1, -0.05) is 12.1 Å². The van der Waals surface area contributed by atoms with Crippen LogP contribution in [0.3, 0.4) is 0 Å². The molecule has 0 spiro atoms. The molecule has 5 nitrogen and oxygen atoms in total. The maximum absolute atomic E-state index is 13.3. The number of pyridine rings is 1. The molecule has 0 saturated carbocycles. The second-order valence-electron chi connectivity index (χ2n) is 5.93. The minimum Gasteiger partial charge on any atom is -0.373 e. The molecular formula is C18H15FN4O. The molecule has 4 rings (SSSR count). The van der Waals surface area contributed by atoms with E-state index in [2.05, 4.69) is 15.2 Å². The molecule has 2 aromatic carbocycles. The van der Waals surface area contributed by atoms with Gasteiger partial charge in [-0.15, -0.1) is 0 Å². The Kier molecular flexibility index (Phi) is 3.13.